The summed E-state index contributed by atoms with van der Waals surface area (Å²) in [5, 5.41) is 0. The molecule has 5 N–H and O–H groups in total. The molecule has 0 aliphatic carbocycles. The van der Waals surface area contributed by atoms with Gasteiger partial charge < -0.3 is 5.43 Å². The van der Waals surface area contributed by atoms with Crippen molar-refractivity contribution in [2.75, 3.05) is 5.43 Å². The number of benzene rings is 1. The van der Waals surface area contributed by atoms with Gasteiger partial charge in [-0.15, -0.1) is 0 Å². The number of hydrogen-bond donors (Lipinski definition) is 4. The molecule has 17 heavy (non-hydrogen) atoms. The molecule has 0 radical (unpaired) electrons. The van der Waals surface area contributed by atoms with Crippen LogP contribution in [-0.2, 0) is 10.4 Å². The third kappa shape index (κ3) is 10.9. The van der Waals surface area contributed by atoms with Gasteiger partial charge in [0.05, 0.1) is 0 Å². The largest absolute Gasteiger partial charge is 0.394 e. The summed E-state index contributed by atoms with van der Waals surface area (Å²) >= 11 is 0. The summed E-state index contributed by atoms with van der Waals surface area (Å²) in [4.78, 5) is 0. The maximum Gasteiger partial charge on any atom is 0.394 e. The Balaban J connectivity index is 0.000000437. The molecule has 0 unspecified atom stereocenters. The first-order valence-corrected chi connectivity index (χ1v) is 6.19. The third-order valence-electron chi connectivity index (χ3n) is 1.62. The van der Waals surface area contributed by atoms with E-state index < -0.39 is 10.4 Å². The van der Waals surface area contributed by atoms with Crippen LogP contribution in [0.5, 0.6) is 0 Å². The molecule has 0 saturated heterocycles. The molecule has 0 saturated carbocycles. The lowest BCUT2D eigenvalue weighted by molar-refractivity contribution is 0.381. The van der Waals surface area contributed by atoms with Crippen molar-refractivity contribution in [1.82, 2.24) is 0 Å². The monoisotopic (exact) mass is 260 g/mol. The molecule has 0 aliphatic heterocycles. The Morgan fingerprint density at radius 1 is 1.29 bits per heavy atom. The Kier molecular flexibility index (Phi) is 7.15. The maximum atomic E-state index is 8.74. The van der Waals surface area contributed by atoms with Crippen molar-refractivity contribution in [3.63, 3.8) is 0 Å². The highest BCUT2D eigenvalue weighted by Crippen LogP contribution is 2.09. The molecule has 0 bridgehead atoms. The van der Waals surface area contributed by atoms with E-state index in [0.29, 0.717) is 0 Å². The lowest BCUT2D eigenvalue weighted by atomic mass is 10.2. The van der Waals surface area contributed by atoms with E-state index in [1.54, 1.807) is 0 Å². The van der Waals surface area contributed by atoms with Gasteiger partial charge in [-0.1, -0.05) is 31.2 Å². The number of nitrogens with one attached hydrogen (secondary N) is 1. The van der Waals surface area contributed by atoms with Gasteiger partial charge in [0.2, 0.25) is 0 Å². The van der Waals surface area contributed by atoms with E-state index in [9.17, 15) is 0 Å². The number of anilines is 1. The van der Waals surface area contributed by atoms with Crippen LogP contribution in [-0.4, -0.2) is 17.5 Å². The fourth-order valence-electron chi connectivity index (χ4n) is 0.944. The van der Waals surface area contributed by atoms with Crippen LogP contribution in [0.1, 0.15) is 18.9 Å². The van der Waals surface area contributed by atoms with Crippen molar-refractivity contribution < 1.29 is 17.5 Å². The van der Waals surface area contributed by atoms with Gasteiger partial charge >= 0.3 is 10.4 Å². The molecule has 1 aromatic rings. The molecule has 6 nitrogen and oxygen atoms in total. The molecule has 0 fully saturated rings. The highest BCUT2D eigenvalue weighted by Gasteiger charge is 1.87. The second-order valence-corrected chi connectivity index (χ2v) is 3.92. The van der Waals surface area contributed by atoms with Crippen molar-refractivity contribution in [1.29, 1.82) is 0 Å². The molecule has 1 rings (SSSR count). The summed E-state index contributed by atoms with van der Waals surface area (Å²) in [6, 6.07) is 7.97. The first kappa shape index (κ1) is 15.6. The van der Waals surface area contributed by atoms with E-state index >= 15 is 0 Å². The molecule has 0 spiro atoms. The number of hydrogen-bond acceptors (Lipinski definition) is 4. The zero-order valence-corrected chi connectivity index (χ0v) is 10.2. The number of nitrogen functional groups attached to an aromatic ring is 1. The summed E-state index contributed by atoms with van der Waals surface area (Å²) in [5.41, 5.74) is 4.72. The van der Waals surface area contributed by atoms with Crippen LogP contribution in [0, 0.1) is 0 Å². The van der Waals surface area contributed by atoms with Crippen LogP contribution in [0.3, 0.4) is 0 Å². The van der Waals surface area contributed by atoms with Crippen LogP contribution in [0.2, 0.25) is 0 Å². The van der Waals surface area contributed by atoms with Gasteiger partial charge in [0.15, 0.2) is 0 Å². The molecule has 0 atom stereocenters. The Bertz CT molecular complexity index is 432. The van der Waals surface area contributed by atoms with Gasteiger partial charge in [0, 0.05) is 5.69 Å². The number of hydrazine groups is 1. The standard InChI is InChI=1S/C10H14N2.H2O4S/c1-2-3-4-9-5-7-10(12-11)8-6-9;1-5(2,3)4/h3-8,12H,2,11H2,1H3;(H2,1,2,3,4). The maximum absolute atomic E-state index is 8.74. The molecular weight excluding hydrogens is 244 g/mol. The van der Waals surface area contributed by atoms with Gasteiger partial charge in [-0.05, 0) is 24.1 Å². The van der Waals surface area contributed by atoms with Crippen molar-refractivity contribution in [2.24, 2.45) is 5.84 Å². The van der Waals surface area contributed by atoms with E-state index in [-0.39, 0.29) is 0 Å². The second kappa shape index (κ2) is 7.80. The van der Waals surface area contributed by atoms with Crippen molar-refractivity contribution >= 4 is 22.2 Å². The number of allylic oxidation sites excluding steroid dienone is 1. The fourth-order valence-corrected chi connectivity index (χ4v) is 0.944. The third-order valence-corrected chi connectivity index (χ3v) is 1.62. The van der Waals surface area contributed by atoms with E-state index in [0.717, 1.165) is 12.1 Å². The van der Waals surface area contributed by atoms with Crippen molar-refractivity contribution in [3.05, 3.63) is 35.9 Å². The van der Waals surface area contributed by atoms with Gasteiger partial charge in [-0.25, -0.2) is 0 Å². The molecule has 0 heterocycles. The highest BCUT2D eigenvalue weighted by atomic mass is 32.3. The minimum atomic E-state index is -4.67. The number of rotatable bonds is 3. The molecule has 0 aromatic heterocycles. The summed E-state index contributed by atoms with van der Waals surface area (Å²) in [5.74, 6) is 5.23. The molecule has 1 aromatic carbocycles. The average molecular weight is 260 g/mol. The van der Waals surface area contributed by atoms with E-state index in [1.807, 2.05) is 24.3 Å². The topological polar surface area (TPSA) is 113 Å². The molecular formula is C10H16N2O4S. The van der Waals surface area contributed by atoms with Crippen LogP contribution in [0.4, 0.5) is 5.69 Å². The smallest absolute Gasteiger partial charge is 0.324 e. The number of nitrogens with two attached hydrogens (primary N) is 1. The van der Waals surface area contributed by atoms with Gasteiger partial charge in [0.25, 0.3) is 0 Å². The molecule has 0 aliphatic rings. The first-order chi connectivity index (χ1) is 7.86. The summed E-state index contributed by atoms with van der Waals surface area (Å²) in [6.45, 7) is 2.12. The van der Waals surface area contributed by atoms with E-state index in [2.05, 4.69) is 24.5 Å². The van der Waals surface area contributed by atoms with Crippen LogP contribution < -0.4 is 11.3 Å². The van der Waals surface area contributed by atoms with Gasteiger partial charge in [-0.2, -0.15) is 8.42 Å². The Hall–Kier alpha value is -1.41. The Morgan fingerprint density at radius 3 is 2.12 bits per heavy atom. The predicted molar refractivity (Wildman–Crippen MR) is 67.8 cm³/mol. The second-order valence-electron chi connectivity index (χ2n) is 3.02. The summed E-state index contributed by atoms with van der Waals surface area (Å²) in [7, 11) is -4.67. The lowest BCUT2D eigenvalue weighted by Crippen LogP contribution is -2.05. The molecule has 0 amide bonds. The SMILES string of the molecule is CCC=Cc1ccc(NN)cc1.O=S(=O)(O)O. The average Bonchev–Trinajstić information content (AvgIpc) is 2.25. The lowest BCUT2D eigenvalue weighted by Gasteiger charge is -1.98. The van der Waals surface area contributed by atoms with E-state index in [1.165, 1.54) is 5.56 Å². The summed E-state index contributed by atoms with van der Waals surface area (Å²) < 4.78 is 31.6. The van der Waals surface area contributed by atoms with Gasteiger partial charge in [0.1, 0.15) is 0 Å². The Morgan fingerprint density at radius 2 is 1.76 bits per heavy atom. The highest BCUT2D eigenvalue weighted by molar-refractivity contribution is 7.79. The van der Waals surface area contributed by atoms with Crippen LogP contribution in [0.25, 0.3) is 6.08 Å². The van der Waals surface area contributed by atoms with Crippen LogP contribution >= 0.6 is 0 Å². The van der Waals surface area contributed by atoms with Crippen LogP contribution in [0.15, 0.2) is 30.3 Å². The first-order valence-electron chi connectivity index (χ1n) is 4.80. The Labute approximate surface area is 101 Å². The summed E-state index contributed by atoms with van der Waals surface area (Å²) in [6.07, 6.45) is 5.29. The van der Waals surface area contributed by atoms with E-state index in [4.69, 9.17) is 23.4 Å². The van der Waals surface area contributed by atoms with Gasteiger partial charge in [-0.3, -0.25) is 14.9 Å². The van der Waals surface area contributed by atoms with Crippen molar-refractivity contribution in [3.8, 4) is 0 Å². The fraction of sp³-hybridized carbons (Fsp3) is 0.200. The minimum Gasteiger partial charge on any atom is -0.324 e. The zero-order valence-electron chi connectivity index (χ0n) is 9.37. The molecule has 7 heteroatoms. The normalized spacial score (nSPS) is 10.8. The molecule has 96 valence electrons. The van der Waals surface area contributed by atoms with Crippen molar-refractivity contribution in [2.45, 2.75) is 13.3 Å². The zero-order chi connectivity index (χ0) is 13.3. The minimum absolute atomic E-state index is 0.934. The quantitative estimate of drug-likeness (QED) is 0.374. The predicted octanol–water partition coefficient (Wildman–Crippen LogP) is 1.74.